The van der Waals surface area contributed by atoms with Crippen LogP contribution in [0.15, 0.2) is 47.0 Å². The lowest BCUT2D eigenvalue weighted by molar-refractivity contribution is -0.0164. The van der Waals surface area contributed by atoms with E-state index in [-0.39, 0.29) is 29.8 Å². The maximum atomic E-state index is 13.7. The number of hydrogen-bond acceptors (Lipinski definition) is 5. The van der Waals surface area contributed by atoms with Crippen molar-refractivity contribution < 1.29 is 24.0 Å². The first kappa shape index (κ1) is 24.7. The van der Waals surface area contributed by atoms with Crippen LogP contribution in [0, 0.1) is 0 Å². The molecule has 1 aliphatic carbocycles. The van der Waals surface area contributed by atoms with E-state index in [9.17, 15) is 14.7 Å². The lowest BCUT2D eigenvalue weighted by atomic mass is 9.99. The molecule has 0 spiro atoms. The highest BCUT2D eigenvalue weighted by Crippen LogP contribution is 2.46. The summed E-state index contributed by atoms with van der Waals surface area (Å²) >= 11 is 6.49. The molecule has 0 radical (unpaired) electrons. The normalized spacial score (nSPS) is 23.8. The lowest BCUT2D eigenvalue weighted by Crippen LogP contribution is -2.53. The van der Waals surface area contributed by atoms with E-state index >= 15 is 0 Å². The number of halogens is 1. The van der Waals surface area contributed by atoms with E-state index in [1.54, 1.807) is 17.0 Å². The van der Waals surface area contributed by atoms with Gasteiger partial charge < -0.3 is 19.3 Å². The summed E-state index contributed by atoms with van der Waals surface area (Å²) in [5.74, 6) is 0.326. The maximum absolute atomic E-state index is 13.7. The van der Waals surface area contributed by atoms with E-state index in [4.69, 9.17) is 20.9 Å². The number of anilines is 1. The molecule has 8 nitrogen and oxygen atoms in total. The molecule has 2 aromatic carbocycles. The average molecular weight is 548 g/mol. The number of piperidine rings is 1. The van der Waals surface area contributed by atoms with Gasteiger partial charge in [0.25, 0.3) is 0 Å². The van der Waals surface area contributed by atoms with E-state index in [2.05, 4.69) is 5.16 Å². The second kappa shape index (κ2) is 9.68. The van der Waals surface area contributed by atoms with Crippen LogP contribution in [-0.2, 0) is 17.8 Å². The molecule has 3 fully saturated rings. The first-order valence-electron chi connectivity index (χ1n) is 13.8. The second-order valence-corrected chi connectivity index (χ2v) is 11.6. The number of carboxylic acids is 1. The Morgan fingerprint density at radius 2 is 1.85 bits per heavy atom. The van der Waals surface area contributed by atoms with E-state index in [0.29, 0.717) is 24.1 Å². The number of carbonyl (C=O) groups is 2. The molecule has 7 rings (SSSR count). The SMILES string of the molecule is O=C(O)c1ccc2c(c1)N(C(=O)N1[C@@H]3CC[C@H]1CC(OCc1c(-c4ccccc4Cl)noc1C1CC1)C3)CC2. The Kier molecular flexibility index (Phi) is 6.12. The minimum atomic E-state index is -0.981. The van der Waals surface area contributed by atoms with Gasteiger partial charge in [0, 0.05) is 41.4 Å². The Labute approximate surface area is 231 Å². The number of nitrogens with zero attached hydrogens (tertiary/aromatic N) is 3. The summed E-state index contributed by atoms with van der Waals surface area (Å²) in [6.07, 6.45) is 6.45. The van der Waals surface area contributed by atoms with Crippen LogP contribution >= 0.6 is 11.6 Å². The summed E-state index contributed by atoms with van der Waals surface area (Å²) in [4.78, 5) is 29.1. The van der Waals surface area contributed by atoms with Gasteiger partial charge in [-0.2, -0.15) is 0 Å². The number of fused-ring (bicyclic) bond motifs is 3. The standard InChI is InChI=1S/C30H30ClN3O5/c31-25-4-2-1-3-23(25)27-24(28(39-32-27)18-6-7-18)16-38-22-14-20-9-10-21(15-22)34(20)30(37)33-12-11-17-5-8-19(29(35)36)13-26(17)33/h1-5,8,13,18,20-22H,6-7,9-12,14-16H2,(H,35,36)/t20-,21+,22?. The summed E-state index contributed by atoms with van der Waals surface area (Å²) in [5, 5.41) is 14.5. The molecule has 1 unspecified atom stereocenters. The van der Waals surface area contributed by atoms with Crippen molar-refractivity contribution in [3.63, 3.8) is 0 Å². The fourth-order valence-electron chi connectivity index (χ4n) is 6.62. The largest absolute Gasteiger partial charge is 0.478 e. The Morgan fingerprint density at radius 1 is 1.08 bits per heavy atom. The van der Waals surface area contributed by atoms with Crippen molar-refractivity contribution in [2.45, 2.75) is 75.7 Å². The van der Waals surface area contributed by atoms with Crippen LogP contribution in [0.3, 0.4) is 0 Å². The zero-order valence-corrected chi connectivity index (χ0v) is 22.3. The van der Waals surface area contributed by atoms with Crippen molar-refractivity contribution in [2.24, 2.45) is 0 Å². The van der Waals surface area contributed by atoms with Gasteiger partial charge in [-0.25, -0.2) is 9.59 Å². The molecule has 2 saturated heterocycles. The second-order valence-electron chi connectivity index (χ2n) is 11.2. The number of amides is 2. The number of aromatic carboxylic acids is 1. The van der Waals surface area contributed by atoms with Crippen LogP contribution in [0.2, 0.25) is 5.02 Å². The predicted octanol–water partition coefficient (Wildman–Crippen LogP) is 6.27. The van der Waals surface area contributed by atoms with Crippen LogP contribution < -0.4 is 4.90 Å². The van der Waals surface area contributed by atoms with E-state index in [0.717, 1.165) is 78.8 Å². The Balaban J connectivity index is 1.06. The Bertz CT molecular complexity index is 1440. The van der Waals surface area contributed by atoms with Crippen molar-refractivity contribution in [3.8, 4) is 11.3 Å². The van der Waals surface area contributed by atoms with Crippen LogP contribution in [-0.4, -0.2) is 51.9 Å². The lowest BCUT2D eigenvalue weighted by Gasteiger charge is -2.40. The summed E-state index contributed by atoms with van der Waals surface area (Å²) in [5.41, 5.74) is 4.55. The molecule has 202 valence electrons. The van der Waals surface area contributed by atoms with Crippen molar-refractivity contribution in [3.05, 3.63) is 69.9 Å². The van der Waals surface area contributed by atoms with Crippen molar-refractivity contribution in [1.29, 1.82) is 0 Å². The van der Waals surface area contributed by atoms with Crippen LogP contribution in [0.5, 0.6) is 0 Å². The number of carboxylic acid groups (broad SMARTS) is 1. The number of urea groups is 1. The maximum Gasteiger partial charge on any atom is 0.335 e. The highest BCUT2D eigenvalue weighted by molar-refractivity contribution is 6.33. The fraction of sp³-hybridized carbons (Fsp3) is 0.433. The molecule has 39 heavy (non-hydrogen) atoms. The molecule has 3 atom stereocenters. The molecule has 3 aromatic rings. The quantitative estimate of drug-likeness (QED) is 0.391. The number of aromatic nitrogens is 1. The smallest absolute Gasteiger partial charge is 0.335 e. The summed E-state index contributed by atoms with van der Waals surface area (Å²) in [7, 11) is 0. The van der Waals surface area contributed by atoms with E-state index in [1.165, 1.54) is 0 Å². The molecular formula is C30H30ClN3O5. The van der Waals surface area contributed by atoms with Gasteiger partial charge in [0.2, 0.25) is 0 Å². The highest BCUT2D eigenvalue weighted by atomic mass is 35.5. The predicted molar refractivity (Wildman–Crippen MR) is 145 cm³/mol. The fourth-order valence-corrected chi connectivity index (χ4v) is 6.84. The number of hydrogen-bond donors (Lipinski definition) is 1. The van der Waals surface area contributed by atoms with E-state index in [1.807, 2.05) is 35.2 Å². The minimum absolute atomic E-state index is 0.0155. The number of rotatable bonds is 6. The Hall–Kier alpha value is -3.36. The minimum Gasteiger partial charge on any atom is -0.478 e. The van der Waals surface area contributed by atoms with Crippen molar-refractivity contribution >= 4 is 29.3 Å². The molecule has 1 aromatic heterocycles. The monoisotopic (exact) mass is 547 g/mol. The summed E-state index contributed by atoms with van der Waals surface area (Å²) in [6, 6.07) is 13.0. The van der Waals surface area contributed by atoms with Gasteiger partial charge in [-0.05, 0) is 68.7 Å². The van der Waals surface area contributed by atoms with Gasteiger partial charge in [0.1, 0.15) is 11.5 Å². The summed E-state index contributed by atoms with van der Waals surface area (Å²) < 4.78 is 12.3. The summed E-state index contributed by atoms with van der Waals surface area (Å²) in [6.45, 7) is 0.987. The number of ether oxygens (including phenoxy) is 1. The van der Waals surface area contributed by atoms with Crippen LogP contribution in [0.4, 0.5) is 10.5 Å². The number of carbonyl (C=O) groups excluding carboxylic acids is 1. The van der Waals surface area contributed by atoms with Crippen molar-refractivity contribution in [2.75, 3.05) is 11.4 Å². The van der Waals surface area contributed by atoms with Crippen LogP contribution in [0.25, 0.3) is 11.3 Å². The molecule has 4 aliphatic rings. The third-order valence-corrected chi connectivity index (χ3v) is 9.06. The molecule has 3 aliphatic heterocycles. The topological polar surface area (TPSA) is 96.1 Å². The van der Waals surface area contributed by atoms with Gasteiger partial charge >= 0.3 is 12.0 Å². The van der Waals surface area contributed by atoms with Crippen molar-refractivity contribution in [1.82, 2.24) is 10.1 Å². The zero-order chi connectivity index (χ0) is 26.7. The van der Waals surface area contributed by atoms with Gasteiger partial charge in [0.15, 0.2) is 0 Å². The molecule has 1 N–H and O–H groups in total. The molecular weight excluding hydrogens is 518 g/mol. The molecule has 1 saturated carbocycles. The van der Waals surface area contributed by atoms with Crippen LogP contribution in [0.1, 0.15) is 71.7 Å². The van der Waals surface area contributed by atoms with Gasteiger partial charge in [-0.1, -0.05) is 41.0 Å². The van der Waals surface area contributed by atoms with Gasteiger partial charge in [-0.15, -0.1) is 0 Å². The first-order chi connectivity index (χ1) is 19.0. The first-order valence-corrected chi connectivity index (χ1v) is 14.2. The molecule has 2 bridgehead atoms. The number of benzene rings is 2. The van der Waals surface area contributed by atoms with Gasteiger partial charge in [-0.3, -0.25) is 4.90 Å². The molecule has 2 amide bonds. The molecule has 4 heterocycles. The van der Waals surface area contributed by atoms with Gasteiger partial charge in [0.05, 0.1) is 23.3 Å². The Morgan fingerprint density at radius 3 is 2.56 bits per heavy atom. The average Bonchev–Trinajstić information content (AvgIpc) is 3.45. The third kappa shape index (κ3) is 4.39. The third-order valence-electron chi connectivity index (χ3n) is 8.73. The highest BCUT2D eigenvalue weighted by Gasteiger charge is 2.46. The zero-order valence-electron chi connectivity index (χ0n) is 21.5. The molecule has 9 heteroatoms. The van der Waals surface area contributed by atoms with E-state index < -0.39 is 5.97 Å².